The van der Waals surface area contributed by atoms with E-state index in [2.05, 4.69) is 0 Å². The third-order valence-electron chi connectivity index (χ3n) is 4.37. The number of amides is 3. The predicted molar refractivity (Wildman–Crippen MR) is 93.4 cm³/mol. The Morgan fingerprint density at radius 1 is 1.15 bits per heavy atom. The van der Waals surface area contributed by atoms with Crippen LogP contribution in [0.2, 0.25) is 0 Å². The molecule has 0 N–H and O–H groups in total. The molecule has 0 bridgehead atoms. The Hall–Kier alpha value is -2.41. The van der Waals surface area contributed by atoms with Crippen LogP contribution in [-0.2, 0) is 9.57 Å². The summed E-state index contributed by atoms with van der Waals surface area (Å²) in [5, 5.41) is 0.830. The van der Waals surface area contributed by atoms with Crippen molar-refractivity contribution in [3.8, 4) is 0 Å². The molecule has 2 aliphatic heterocycles. The topological polar surface area (TPSA) is 76.2 Å². The van der Waals surface area contributed by atoms with Crippen LogP contribution in [0.1, 0.15) is 54.3 Å². The predicted octanol–water partition coefficient (Wildman–Crippen LogP) is 2.86. The van der Waals surface area contributed by atoms with Gasteiger partial charge in [0.15, 0.2) is 0 Å². The molecule has 1 fully saturated rings. The second-order valence-corrected chi connectivity index (χ2v) is 7.68. The molecule has 140 valence electrons. The normalized spacial score (nSPS) is 20.3. The van der Waals surface area contributed by atoms with Crippen LogP contribution in [0.4, 0.5) is 4.79 Å². The van der Waals surface area contributed by atoms with Gasteiger partial charge in [0.25, 0.3) is 11.8 Å². The Kier molecular flexibility index (Phi) is 5.00. The third-order valence-corrected chi connectivity index (χ3v) is 4.37. The summed E-state index contributed by atoms with van der Waals surface area (Å²) in [5.74, 6) is -0.837. The standard InChI is InChI=1S/C19H24N2O5/c1-19(2,3)26-18(24)20-10-6-7-13(11-20)12-25-21-16(22)14-8-4-5-9-15(14)17(21)23/h4-5,8-9,13H,6-7,10-12H2,1-3H3. The molecule has 7 heteroatoms. The number of ether oxygens (including phenoxy) is 1. The van der Waals surface area contributed by atoms with E-state index in [-0.39, 0.29) is 18.6 Å². The minimum atomic E-state index is -0.541. The van der Waals surface area contributed by atoms with Gasteiger partial charge in [-0.1, -0.05) is 12.1 Å². The Labute approximate surface area is 152 Å². The summed E-state index contributed by atoms with van der Waals surface area (Å²) in [6.07, 6.45) is 1.35. The molecule has 1 atom stereocenters. The lowest BCUT2D eigenvalue weighted by molar-refractivity contribution is -0.108. The van der Waals surface area contributed by atoms with Gasteiger partial charge in [-0.3, -0.25) is 14.4 Å². The quantitative estimate of drug-likeness (QED) is 0.775. The minimum Gasteiger partial charge on any atom is -0.444 e. The summed E-state index contributed by atoms with van der Waals surface area (Å²) in [6.45, 7) is 6.81. The van der Waals surface area contributed by atoms with Crippen molar-refractivity contribution in [2.45, 2.75) is 39.2 Å². The molecular weight excluding hydrogens is 336 g/mol. The van der Waals surface area contributed by atoms with Crippen molar-refractivity contribution in [3.63, 3.8) is 0 Å². The fourth-order valence-electron chi connectivity index (χ4n) is 3.16. The molecule has 0 saturated carbocycles. The molecule has 0 aliphatic carbocycles. The molecule has 0 spiro atoms. The Balaban J connectivity index is 1.56. The van der Waals surface area contributed by atoms with Crippen molar-refractivity contribution < 1.29 is 24.0 Å². The number of nitrogens with zero attached hydrogens (tertiary/aromatic N) is 2. The van der Waals surface area contributed by atoms with Crippen molar-refractivity contribution in [2.24, 2.45) is 5.92 Å². The van der Waals surface area contributed by atoms with Crippen LogP contribution in [0.3, 0.4) is 0 Å². The Morgan fingerprint density at radius 3 is 2.35 bits per heavy atom. The van der Waals surface area contributed by atoms with E-state index in [0.717, 1.165) is 17.9 Å². The average Bonchev–Trinajstić information content (AvgIpc) is 2.83. The monoisotopic (exact) mass is 360 g/mol. The first-order valence-corrected chi connectivity index (χ1v) is 8.85. The van der Waals surface area contributed by atoms with Gasteiger partial charge in [-0.25, -0.2) is 4.79 Å². The van der Waals surface area contributed by atoms with Gasteiger partial charge in [0, 0.05) is 19.0 Å². The molecule has 1 aromatic carbocycles. The number of rotatable bonds is 3. The van der Waals surface area contributed by atoms with Gasteiger partial charge in [-0.15, -0.1) is 5.06 Å². The van der Waals surface area contributed by atoms with Gasteiger partial charge >= 0.3 is 6.09 Å². The lowest BCUT2D eigenvalue weighted by Gasteiger charge is -2.34. The zero-order chi connectivity index (χ0) is 18.9. The van der Waals surface area contributed by atoms with Gasteiger partial charge < -0.3 is 9.64 Å². The first-order valence-electron chi connectivity index (χ1n) is 8.85. The van der Waals surface area contributed by atoms with Crippen LogP contribution < -0.4 is 0 Å². The third kappa shape index (κ3) is 3.88. The number of carbonyl (C=O) groups excluding carboxylic acids is 3. The van der Waals surface area contributed by atoms with E-state index in [4.69, 9.17) is 9.57 Å². The van der Waals surface area contributed by atoms with E-state index in [0.29, 0.717) is 24.2 Å². The minimum absolute atomic E-state index is 0.0422. The number of likely N-dealkylation sites (tertiary alicyclic amines) is 1. The number of fused-ring (bicyclic) bond motifs is 1. The molecule has 1 saturated heterocycles. The summed E-state index contributed by atoms with van der Waals surface area (Å²) in [6, 6.07) is 6.66. The number of carbonyl (C=O) groups is 3. The molecule has 1 unspecified atom stereocenters. The number of hydrogen-bond acceptors (Lipinski definition) is 5. The summed E-state index contributed by atoms with van der Waals surface area (Å²) in [5.41, 5.74) is 0.175. The van der Waals surface area contributed by atoms with Gasteiger partial charge in [-0.2, -0.15) is 0 Å². The van der Waals surface area contributed by atoms with Crippen LogP contribution >= 0.6 is 0 Å². The first-order chi connectivity index (χ1) is 12.3. The zero-order valence-electron chi connectivity index (χ0n) is 15.4. The molecule has 7 nitrogen and oxygen atoms in total. The van der Waals surface area contributed by atoms with Gasteiger partial charge in [0.2, 0.25) is 0 Å². The van der Waals surface area contributed by atoms with Crippen molar-refractivity contribution >= 4 is 17.9 Å². The van der Waals surface area contributed by atoms with Gasteiger partial charge in [0.1, 0.15) is 5.60 Å². The van der Waals surface area contributed by atoms with Crippen LogP contribution in [0.5, 0.6) is 0 Å². The summed E-state index contributed by atoms with van der Waals surface area (Å²) >= 11 is 0. The van der Waals surface area contributed by atoms with Crippen molar-refractivity contribution in [3.05, 3.63) is 35.4 Å². The van der Waals surface area contributed by atoms with Crippen molar-refractivity contribution in [1.29, 1.82) is 0 Å². The van der Waals surface area contributed by atoms with E-state index >= 15 is 0 Å². The maximum Gasteiger partial charge on any atom is 0.410 e. The molecule has 2 heterocycles. The fraction of sp³-hybridized carbons (Fsp3) is 0.526. The molecule has 2 aliphatic rings. The largest absolute Gasteiger partial charge is 0.444 e. The molecule has 26 heavy (non-hydrogen) atoms. The molecule has 3 amide bonds. The van der Waals surface area contributed by atoms with E-state index in [1.807, 2.05) is 20.8 Å². The highest BCUT2D eigenvalue weighted by molar-refractivity contribution is 6.20. The smallest absolute Gasteiger partial charge is 0.410 e. The van der Waals surface area contributed by atoms with E-state index < -0.39 is 17.4 Å². The number of benzene rings is 1. The number of hydroxylamine groups is 2. The van der Waals surface area contributed by atoms with Crippen LogP contribution in [0, 0.1) is 5.92 Å². The number of hydrogen-bond donors (Lipinski definition) is 0. The SMILES string of the molecule is CC(C)(C)OC(=O)N1CCCC(CON2C(=O)c3ccccc3C2=O)C1. The second-order valence-electron chi connectivity index (χ2n) is 7.68. The lowest BCUT2D eigenvalue weighted by atomic mass is 9.99. The molecular formula is C19H24N2O5. The summed E-state index contributed by atoms with van der Waals surface area (Å²) < 4.78 is 5.41. The van der Waals surface area contributed by atoms with Crippen LogP contribution in [0.25, 0.3) is 0 Å². The molecule has 0 radical (unpaired) electrons. The summed E-state index contributed by atoms with van der Waals surface area (Å²) in [4.78, 5) is 44.0. The number of imide groups is 1. The summed E-state index contributed by atoms with van der Waals surface area (Å²) in [7, 11) is 0. The highest BCUT2D eigenvalue weighted by Gasteiger charge is 2.37. The Bertz CT molecular complexity index is 690. The van der Waals surface area contributed by atoms with Crippen molar-refractivity contribution in [2.75, 3.05) is 19.7 Å². The zero-order valence-corrected chi connectivity index (χ0v) is 15.4. The maximum absolute atomic E-state index is 12.3. The van der Waals surface area contributed by atoms with Crippen molar-refractivity contribution in [1.82, 2.24) is 9.96 Å². The van der Waals surface area contributed by atoms with E-state index in [1.54, 1.807) is 29.2 Å². The number of piperidine rings is 1. The van der Waals surface area contributed by atoms with Gasteiger partial charge in [0.05, 0.1) is 17.7 Å². The Morgan fingerprint density at radius 2 is 1.77 bits per heavy atom. The fourth-order valence-corrected chi connectivity index (χ4v) is 3.16. The van der Waals surface area contributed by atoms with Crippen LogP contribution in [0.15, 0.2) is 24.3 Å². The van der Waals surface area contributed by atoms with Gasteiger partial charge in [-0.05, 0) is 45.7 Å². The first kappa shape index (κ1) is 18.4. The second kappa shape index (κ2) is 7.07. The molecule has 1 aromatic rings. The lowest BCUT2D eigenvalue weighted by Crippen LogP contribution is -2.44. The maximum atomic E-state index is 12.3. The highest BCUT2D eigenvalue weighted by Crippen LogP contribution is 2.25. The average molecular weight is 360 g/mol. The van der Waals surface area contributed by atoms with E-state index in [9.17, 15) is 14.4 Å². The highest BCUT2D eigenvalue weighted by atomic mass is 16.7. The molecule has 3 rings (SSSR count). The molecule has 0 aromatic heterocycles. The van der Waals surface area contributed by atoms with E-state index in [1.165, 1.54) is 0 Å². The van der Waals surface area contributed by atoms with Crippen LogP contribution in [-0.4, -0.2) is 53.2 Å².